The minimum Gasteiger partial charge on any atom is -0.445 e. The molecular formula is C16H23NO2. The topological polar surface area (TPSA) is 29.5 Å². The first-order valence-electron chi connectivity index (χ1n) is 6.97. The Hall–Kier alpha value is -1.51. The van der Waals surface area contributed by atoms with Crippen LogP contribution < -0.4 is 0 Å². The first-order chi connectivity index (χ1) is 9.01. The van der Waals surface area contributed by atoms with Gasteiger partial charge in [-0.05, 0) is 23.3 Å². The molecule has 104 valence electrons. The van der Waals surface area contributed by atoms with Gasteiger partial charge in [0.25, 0.3) is 0 Å². The van der Waals surface area contributed by atoms with Gasteiger partial charge in [0.05, 0.1) is 0 Å². The van der Waals surface area contributed by atoms with E-state index in [4.69, 9.17) is 4.74 Å². The van der Waals surface area contributed by atoms with Gasteiger partial charge < -0.3 is 9.64 Å². The van der Waals surface area contributed by atoms with Crippen LogP contribution in [-0.4, -0.2) is 24.1 Å². The van der Waals surface area contributed by atoms with E-state index in [9.17, 15) is 4.79 Å². The Labute approximate surface area is 115 Å². The lowest BCUT2D eigenvalue weighted by Crippen LogP contribution is -2.33. The summed E-state index contributed by atoms with van der Waals surface area (Å²) >= 11 is 0. The van der Waals surface area contributed by atoms with Gasteiger partial charge >= 0.3 is 6.09 Å². The van der Waals surface area contributed by atoms with Gasteiger partial charge in [-0.3, -0.25) is 0 Å². The van der Waals surface area contributed by atoms with Crippen LogP contribution in [0.2, 0.25) is 0 Å². The fourth-order valence-electron chi connectivity index (χ4n) is 2.42. The average molecular weight is 261 g/mol. The van der Waals surface area contributed by atoms with Crippen molar-refractivity contribution in [2.24, 2.45) is 11.3 Å². The Balaban J connectivity index is 1.85. The van der Waals surface area contributed by atoms with Crippen molar-refractivity contribution in [3.8, 4) is 0 Å². The molecule has 1 heterocycles. The first kappa shape index (κ1) is 13.9. The summed E-state index contributed by atoms with van der Waals surface area (Å²) in [7, 11) is 0. The third-order valence-corrected chi connectivity index (χ3v) is 4.36. The number of nitrogens with zero attached hydrogens (tertiary/aromatic N) is 1. The second-order valence-corrected chi connectivity index (χ2v) is 6.02. The molecule has 3 nitrogen and oxygen atoms in total. The van der Waals surface area contributed by atoms with Crippen molar-refractivity contribution in [2.75, 3.05) is 13.1 Å². The maximum Gasteiger partial charge on any atom is 0.410 e. The summed E-state index contributed by atoms with van der Waals surface area (Å²) in [5, 5.41) is 0. The van der Waals surface area contributed by atoms with Gasteiger partial charge in [-0.15, -0.1) is 0 Å². The van der Waals surface area contributed by atoms with Gasteiger partial charge in [0.1, 0.15) is 6.61 Å². The number of carbonyl (C=O) groups is 1. The van der Waals surface area contributed by atoms with Crippen molar-refractivity contribution >= 4 is 6.09 Å². The summed E-state index contributed by atoms with van der Waals surface area (Å²) in [6, 6.07) is 9.80. The SMILES string of the molecule is CC(C)C1(C)CCN(C(=O)OCc2ccccc2)C1. The van der Waals surface area contributed by atoms with Crippen LogP contribution in [0.15, 0.2) is 30.3 Å². The van der Waals surface area contributed by atoms with Gasteiger partial charge in [-0.2, -0.15) is 0 Å². The molecule has 1 atom stereocenters. The Kier molecular flexibility index (Phi) is 4.13. The normalized spacial score (nSPS) is 22.8. The number of ether oxygens (including phenoxy) is 1. The summed E-state index contributed by atoms with van der Waals surface area (Å²) in [6.45, 7) is 8.66. The molecule has 1 aromatic rings. The molecule has 1 aliphatic rings. The van der Waals surface area contributed by atoms with Crippen LogP contribution in [0, 0.1) is 11.3 Å². The molecule has 0 spiro atoms. The van der Waals surface area contributed by atoms with Crippen LogP contribution in [0.5, 0.6) is 0 Å². The molecule has 2 rings (SSSR count). The molecular weight excluding hydrogens is 238 g/mol. The number of carbonyl (C=O) groups excluding carboxylic acids is 1. The lowest BCUT2D eigenvalue weighted by atomic mass is 9.79. The average Bonchev–Trinajstić information content (AvgIpc) is 2.81. The minimum atomic E-state index is -0.187. The Morgan fingerprint density at radius 3 is 2.63 bits per heavy atom. The van der Waals surface area contributed by atoms with Crippen LogP contribution in [-0.2, 0) is 11.3 Å². The largest absolute Gasteiger partial charge is 0.445 e. The molecule has 1 amide bonds. The van der Waals surface area contributed by atoms with Gasteiger partial charge in [0.15, 0.2) is 0 Å². The maximum atomic E-state index is 12.0. The molecule has 0 bridgehead atoms. The fraction of sp³-hybridized carbons (Fsp3) is 0.562. The van der Waals surface area contributed by atoms with Crippen molar-refractivity contribution < 1.29 is 9.53 Å². The molecule has 0 radical (unpaired) electrons. The highest BCUT2D eigenvalue weighted by molar-refractivity contribution is 5.68. The minimum absolute atomic E-state index is 0.187. The molecule has 1 saturated heterocycles. The molecule has 3 heteroatoms. The molecule has 0 N–H and O–H groups in total. The van der Waals surface area contributed by atoms with E-state index in [1.807, 2.05) is 35.2 Å². The van der Waals surface area contributed by atoms with Crippen LogP contribution in [0.1, 0.15) is 32.8 Å². The lowest BCUT2D eigenvalue weighted by molar-refractivity contribution is 0.0973. The van der Waals surface area contributed by atoms with Crippen LogP contribution in [0.25, 0.3) is 0 Å². The number of benzene rings is 1. The third-order valence-electron chi connectivity index (χ3n) is 4.36. The van der Waals surface area contributed by atoms with E-state index in [2.05, 4.69) is 20.8 Å². The number of likely N-dealkylation sites (tertiary alicyclic amines) is 1. The molecule has 1 fully saturated rings. The molecule has 0 saturated carbocycles. The predicted octanol–water partition coefficient (Wildman–Crippen LogP) is 3.69. The van der Waals surface area contributed by atoms with Crippen molar-refractivity contribution in [1.29, 1.82) is 0 Å². The lowest BCUT2D eigenvalue weighted by Gasteiger charge is -2.28. The van der Waals surface area contributed by atoms with E-state index in [0.717, 1.165) is 25.1 Å². The van der Waals surface area contributed by atoms with Gasteiger partial charge in [0.2, 0.25) is 0 Å². The molecule has 1 aliphatic heterocycles. The summed E-state index contributed by atoms with van der Waals surface area (Å²) in [4.78, 5) is 13.9. The highest BCUT2D eigenvalue weighted by atomic mass is 16.6. The van der Waals surface area contributed by atoms with Gasteiger partial charge in [-0.25, -0.2) is 4.79 Å². The standard InChI is InChI=1S/C16H23NO2/c1-13(2)16(3)9-10-17(12-16)15(18)19-11-14-7-5-4-6-8-14/h4-8,13H,9-12H2,1-3H3. The molecule has 1 aromatic carbocycles. The summed E-state index contributed by atoms with van der Waals surface area (Å²) in [6.07, 6.45) is 0.874. The monoisotopic (exact) mass is 261 g/mol. The van der Waals surface area contributed by atoms with E-state index in [1.165, 1.54) is 0 Å². The number of hydrogen-bond donors (Lipinski definition) is 0. The van der Waals surface area contributed by atoms with E-state index in [0.29, 0.717) is 12.5 Å². The van der Waals surface area contributed by atoms with Gasteiger partial charge in [-0.1, -0.05) is 51.1 Å². The van der Waals surface area contributed by atoms with Crippen molar-refractivity contribution in [1.82, 2.24) is 4.90 Å². The first-order valence-corrected chi connectivity index (χ1v) is 6.97. The van der Waals surface area contributed by atoms with Crippen LogP contribution in [0.3, 0.4) is 0 Å². The zero-order valence-corrected chi connectivity index (χ0v) is 12.1. The van der Waals surface area contributed by atoms with Crippen molar-refractivity contribution in [3.63, 3.8) is 0 Å². The Bertz CT molecular complexity index is 430. The van der Waals surface area contributed by atoms with E-state index in [1.54, 1.807) is 0 Å². The molecule has 0 aromatic heterocycles. The molecule has 19 heavy (non-hydrogen) atoms. The number of amides is 1. The highest BCUT2D eigenvalue weighted by Crippen LogP contribution is 2.37. The summed E-state index contributed by atoms with van der Waals surface area (Å²) in [5.74, 6) is 0.583. The predicted molar refractivity (Wildman–Crippen MR) is 75.8 cm³/mol. The number of rotatable bonds is 3. The highest BCUT2D eigenvalue weighted by Gasteiger charge is 2.38. The van der Waals surface area contributed by atoms with Crippen molar-refractivity contribution in [2.45, 2.75) is 33.8 Å². The Morgan fingerprint density at radius 2 is 2.05 bits per heavy atom. The smallest absolute Gasteiger partial charge is 0.410 e. The molecule has 1 unspecified atom stereocenters. The number of hydrogen-bond acceptors (Lipinski definition) is 2. The van der Waals surface area contributed by atoms with E-state index >= 15 is 0 Å². The maximum absolute atomic E-state index is 12.0. The van der Waals surface area contributed by atoms with Gasteiger partial charge in [0, 0.05) is 13.1 Å². The second kappa shape index (κ2) is 5.64. The van der Waals surface area contributed by atoms with Crippen molar-refractivity contribution in [3.05, 3.63) is 35.9 Å². The third kappa shape index (κ3) is 3.28. The summed E-state index contributed by atoms with van der Waals surface area (Å²) < 4.78 is 5.37. The Morgan fingerprint density at radius 1 is 1.37 bits per heavy atom. The van der Waals surface area contributed by atoms with E-state index in [-0.39, 0.29) is 11.5 Å². The zero-order valence-electron chi connectivity index (χ0n) is 12.1. The summed E-state index contributed by atoms with van der Waals surface area (Å²) in [5.41, 5.74) is 1.26. The quantitative estimate of drug-likeness (QED) is 0.830. The van der Waals surface area contributed by atoms with Crippen LogP contribution in [0.4, 0.5) is 4.79 Å². The second-order valence-electron chi connectivity index (χ2n) is 6.02. The molecule has 0 aliphatic carbocycles. The van der Waals surface area contributed by atoms with E-state index < -0.39 is 0 Å². The zero-order chi connectivity index (χ0) is 13.9. The fourth-order valence-corrected chi connectivity index (χ4v) is 2.42. The van der Waals surface area contributed by atoms with Crippen LogP contribution >= 0.6 is 0 Å².